The Labute approximate surface area is 140 Å². The summed E-state index contributed by atoms with van der Waals surface area (Å²) in [5.41, 5.74) is 0.619. The van der Waals surface area contributed by atoms with Crippen LogP contribution in [0.5, 0.6) is 0 Å². The van der Waals surface area contributed by atoms with Crippen LogP contribution in [0.15, 0.2) is 29.3 Å². The molecule has 1 aliphatic heterocycles. The van der Waals surface area contributed by atoms with E-state index in [-0.39, 0.29) is 13.3 Å². The zero-order valence-corrected chi connectivity index (χ0v) is 13.8. The van der Waals surface area contributed by atoms with Gasteiger partial charge in [-0.05, 0) is 31.0 Å². The van der Waals surface area contributed by atoms with Gasteiger partial charge in [-0.2, -0.15) is 0 Å². The molecular weight excluding hydrogens is 315 g/mol. The molecule has 2 amide bonds. The quantitative estimate of drug-likeness (QED) is 0.567. The van der Waals surface area contributed by atoms with Crippen LogP contribution < -0.4 is 0 Å². The van der Waals surface area contributed by atoms with Crippen LogP contribution in [0.3, 0.4) is 0 Å². The normalized spacial score (nSPS) is 20.3. The van der Waals surface area contributed by atoms with E-state index >= 15 is 0 Å². The standard InChI is InChI=1S/C17H21FN2O4/c1-3-9-23-11-20-15(12-5-7-13(18)8-6-12)14(10-19-17(20)22)16(21)24-4-2/h5-8,10,14-15H,3-4,9,11H2,1-2H3. The summed E-state index contributed by atoms with van der Waals surface area (Å²) in [6.07, 6.45) is 2.10. The number of ether oxygens (including phenoxy) is 2. The van der Waals surface area contributed by atoms with Gasteiger partial charge in [0, 0.05) is 12.8 Å². The number of amides is 2. The Morgan fingerprint density at radius 1 is 1.29 bits per heavy atom. The van der Waals surface area contributed by atoms with E-state index in [1.807, 2.05) is 6.92 Å². The monoisotopic (exact) mass is 336 g/mol. The molecule has 1 aromatic rings. The first-order chi connectivity index (χ1) is 11.6. The van der Waals surface area contributed by atoms with E-state index in [2.05, 4.69) is 4.99 Å². The number of esters is 1. The van der Waals surface area contributed by atoms with Crippen LogP contribution in [-0.2, 0) is 14.3 Å². The van der Waals surface area contributed by atoms with Crippen LogP contribution in [0, 0.1) is 11.7 Å². The summed E-state index contributed by atoms with van der Waals surface area (Å²) in [6, 6.07) is 4.53. The Morgan fingerprint density at radius 2 is 2.00 bits per heavy atom. The van der Waals surface area contributed by atoms with Gasteiger partial charge in [0.05, 0.1) is 12.6 Å². The summed E-state index contributed by atoms with van der Waals surface area (Å²) in [6.45, 7) is 4.36. The van der Waals surface area contributed by atoms with Gasteiger partial charge in [0.2, 0.25) is 0 Å². The average molecular weight is 336 g/mol. The molecule has 1 heterocycles. The molecule has 2 rings (SSSR count). The number of nitrogens with zero attached hydrogens (tertiary/aromatic N) is 2. The largest absolute Gasteiger partial charge is 0.465 e. The van der Waals surface area contributed by atoms with Crippen molar-refractivity contribution >= 4 is 18.2 Å². The first-order valence-electron chi connectivity index (χ1n) is 7.93. The molecule has 0 aromatic heterocycles. The number of rotatable bonds is 7. The van der Waals surface area contributed by atoms with Crippen LogP contribution in [0.25, 0.3) is 0 Å². The summed E-state index contributed by atoms with van der Waals surface area (Å²) in [5.74, 6) is -1.64. The molecule has 130 valence electrons. The number of aliphatic imine (C=N–C) groups is 1. The molecule has 24 heavy (non-hydrogen) atoms. The van der Waals surface area contributed by atoms with Crippen LogP contribution in [0.2, 0.25) is 0 Å². The topological polar surface area (TPSA) is 68.2 Å². The molecule has 0 radical (unpaired) electrons. The zero-order chi connectivity index (χ0) is 17.5. The van der Waals surface area contributed by atoms with Gasteiger partial charge in [-0.1, -0.05) is 19.1 Å². The highest BCUT2D eigenvalue weighted by Crippen LogP contribution is 2.32. The molecule has 1 aliphatic rings. The maximum Gasteiger partial charge on any atom is 0.345 e. The van der Waals surface area contributed by atoms with Crippen molar-refractivity contribution in [1.29, 1.82) is 0 Å². The third-order valence-electron chi connectivity index (χ3n) is 3.62. The molecule has 6 nitrogen and oxygen atoms in total. The lowest BCUT2D eigenvalue weighted by Gasteiger charge is -2.36. The Balaban J connectivity index is 2.35. The third-order valence-corrected chi connectivity index (χ3v) is 3.62. The molecule has 0 spiro atoms. The molecule has 0 fully saturated rings. The highest BCUT2D eigenvalue weighted by Gasteiger charge is 2.39. The van der Waals surface area contributed by atoms with E-state index in [4.69, 9.17) is 9.47 Å². The Bertz CT molecular complexity index is 603. The predicted molar refractivity (Wildman–Crippen MR) is 86.1 cm³/mol. The lowest BCUT2D eigenvalue weighted by molar-refractivity contribution is -0.147. The van der Waals surface area contributed by atoms with Crippen molar-refractivity contribution in [2.24, 2.45) is 10.9 Å². The van der Waals surface area contributed by atoms with Gasteiger partial charge in [0.25, 0.3) is 0 Å². The lowest BCUT2D eigenvalue weighted by atomic mass is 9.91. The van der Waals surface area contributed by atoms with Crippen molar-refractivity contribution in [1.82, 2.24) is 4.90 Å². The van der Waals surface area contributed by atoms with E-state index in [1.165, 1.54) is 23.2 Å². The number of carbonyl (C=O) groups excluding carboxylic acids is 2. The van der Waals surface area contributed by atoms with Crippen molar-refractivity contribution in [2.45, 2.75) is 26.3 Å². The highest BCUT2D eigenvalue weighted by atomic mass is 19.1. The van der Waals surface area contributed by atoms with Gasteiger partial charge < -0.3 is 9.47 Å². The summed E-state index contributed by atoms with van der Waals surface area (Å²) >= 11 is 0. The number of halogens is 1. The van der Waals surface area contributed by atoms with Crippen molar-refractivity contribution in [2.75, 3.05) is 19.9 Å². The number of benzene rings is 1. The second-order valence-corrected chi connectivity index (χ2v) is 5.34. The number of urea groups is 1. The maximum atomic E-state index is 13.2. The Morgan fingerprint density at radius 3 is 2.62 bits per heavy atom. The van der Waals surface area contributed by atoms with Gasteiger partial charge in [-0.3, -0.25) is 9.69 Å². The van der Waals surface area contributed by atoms with Crippen LogP contribution in [0.4, 0.5) is 9.18 Å². The molecular formula is C17H21FN2O4. The zero-order valence-electron chi connectivity index (χ0n) is 13.8. The SMILES string of the molecule is CCCOCN1C(=O)N=CC(C(=O)OCC)C1c1ccc(F)cc1. The predicted octanol–water partition coefficient (Wildman–Crippen LogP) is 2.94. The molecule has 0 N–H and O–H groups in total. The van der Waals surface area contributed by atoms with Gasteiger partial charge in [0.15, 0.2) is 0 Å². The summed E-state index contributed by atoms with van der Waals surface area (Å²) in [7, 11) is 0. The average Bonchev–Trinajstić information content (AvgIpc) is 2.57. The molecule has 2 unspecified atom stereocenters. The Hall–Kier alpha value is -2.28. The number of carbonyl (C=O) groups is 2. The second-order valence-electron chi connectivity index (χ2n) is 5.34. The fourth-order valence-corrected chi connectivity index (χ4v) is 2.53. The molecule has 0 saturated heterocycles. The van der Waals surface area contributed by atoms with Crippen molar-refractivity contribution in [3.63, 3.8) is 0 Å². The molecule has 2 atom stereocenters. The minimum atomic E-state index is -0.765. The summed E-state index contributed by atoms with van der Waals surface area (Å²) in [4.78, 5) is 29.6. The smallest absolute Gasteiger partial charge is 0.345 e. The second kappa shape index (κ2) is 8.54. The molecule has 7 heteroatoms. The van der Waals surface area contributed by atoms with E-state index in [1.54, 1.807) is 19.1 Å². The lowest BCUT2D eigenvalue weighted by Crippen LogP contribution is -2.45. The molecule has 0 saturated carbocycles. The first kappa shape index (κ1) is 18.1. The van der Waals surface area contributed by atoms with Crippen LogP contribution in [-0.4, -0.2) is 43.1 Å². The van der Waals surface area contributed by atoms with E-state index < -0.39 is 29.8 Å². The summed E-state index contributed by atoms with van der Waals surface area (Å²) in [5, 5.41) is 0. The molecule has 1 aromatic carbocycles. The van der Waals surface area contributed by atoms with Crippen LogP contribution in [0.1, 0.15) is 31.9 Å². The number of hydrogen-bond donors (Lipinski definition) is 0. The van der Waals surface area contributed by atoms with Gasteiger partial charge in [-0.25, -0.2) is 14.2 Å². The fourth-order valence-electron chi connectivity index (χ4n) is 2.53. The fraction of sp³-hybridized carbons (Fsp3) is 0.471. The van der Waals surface area contributed by atoms with Crippen molar-refractivity contribution < 1.29 is 23.5 Å². The van der Waals surface area contributed by atoms with Crippen molar-refractivity contribution in [3.05, 3.63) is 35.6 Å². The summed E-state index contributed by atoms with van der Waals surface area (Å²) < 4.78 is 23.8. The highest BCUT2D eigenvalue weighted by molar-refractivity contribution is 5.98. The number of hydrogen-bond acceptors (Lipinski definition) is 4. The van der Waals surface area contributed by atoms with Crippen LogP contribution >= 0.6 is 0 Å². The van der Waals surface area contributed by atoms with Crippen molar-refractivity contribution in [3.8, 4) is 0 Å². The van der Waals surface area contributed by atoms with E-state index in [9.17, 15) is 14.0 Å². The maximum absolute atomic E-state index is 13.2. The molecule has 0 aliphatic carbocycles. The first-order valence-corrected chi connectivity index (χ1v) is 7.93. The van der Waals surface area contributed by atoms with Gasteiger partial charge >= 0.3 is 12.0 Å². The molecule has 0 bridgehead atoms. The van der Waals surface area contributed by atoms with E-state index in [0.717, 1.165) is 6.42 Å². The van der Waals surface area contributed by atoms with Gasteiger partial charge in [-0.15, -0.1) is 0 Å². The third kappa shape index (κ3) is 4.17. The minimum absolute atomic E-state index is 0.00195. The van der Waals surface area contributed by atoms with E-state index in [0.29, 0.717) is 12.2 Å². The minimum Gasteiger partial charge on any atom is -0.465 e. The Kier molecular flexibility index (Phi) is 6.43. The van der Waals surface area contributed by atoms with Gasteiger partial charge in [0.1, 0.15) is 18.5 Å².